The number of amides is 2. The molecule has 120 valence electrons. The molecule has 1 unspecified atom stereocenters. The average molecular weight is 308 g/mol. The second kappa shape index (κ2) is 7.13. The monoisotopic (exact) mass is 308 g/mol. The molecule has 0 aromatic heterocycles. The molecule has 0 spiro atoms. The number of urea groups is 1. The number of carbonyl (C=O) groups excluding carboxylic acids is 1. The molecule has 7 nitrogen and oxygen atoms in total. The van der Waals surface area contributed by atoms with E-state index < -0.39 is 12.0 Å². The second-order valence-corrected chi connectivity index (χ2v) is 5.22. The van der Waals surface area contributed by atoms with E-state index in [0.29, 0.717) is 26.3 Å². The molecule has 0 bridgehead atoms. The number of aliphatic carboxylic acids is 1. The first-order chi connectivity index (χ1) is 10.5. The van der Waals surface area contributed by atoms with Crippen molar-refractivity contribution in [3.05, 3.63) is 29.8 Å². The number of ether oxygens (including phenoxy) is 1. The summed E-state index contributed by atoms with van der Waals surface area (Å²) in [6, 6.07) is 5.03. The van der Waals surface area contributed by atoms with Gasteiger partial charge in [-0.2, -0.15) is 0 Å². The zero-order chi connectivity index (χ0) is 16.1. The summed E-state index contributed by atoms with van der Waals surface area (Å²) < 4.78 is 5.19. The van der Waals surface area contributed by atoms with Crippen LogP contribution in [-0.2, 0) is 16.0 Å². The number of hydrogen-bond acceptors (Lipinski definition) is 4. The Morgan fingerprint density at radius 2 is 1.86 bits per heavy atom. The molecule has 1 aliphatic heterocycles. The highest BCUT2D eigenvalue weighted by Gasteiger charge is 2.30. The molecule has 2 rings (SSSR count). The number of likely N-dealkylation sites (N-methyl/N-ethyl adjacent to an activating group) is 1. The molecule has 22 heavy (non-hydrogen) atoms. The number of hydrogen-bond donors (Lipinski definition) is 2. The highest BCUT2D eigenvalue weighted by Crippen LogP contribution is 2.15. The number of phenols is 1. The molecule has 1 saturated heterocycles. The summed E-state index contributed by atoms with van der Waals surface area (Å²) in [4.78, 5) is 26.7. The predicted molar refractivity (Wildman–Crippen MR) is 78.8 cm³/mol. The van der Waals surface area contributed by atoms with Crippen LogP contribution in [0.5, 0.6) is 5.75 Å². The number of carboxylic acids is 1. The third kappa shape index (κ3) is 3.88. The van der Waals surface area contributed by atoms with E-state index >= 15 is 0 Å². The van der Waals surface area contributed by atoms with Gasteiger partial charge >= 0.3 is 12.0 Å². The maximum Gasteiger partial charge on any atom is 0.326 e. The van der Waals surface area contributed by atoms with Gasteiger partial charge in [0.1, 0.15) is 11.8 Å². The molecule has 2 amide bonds. The fraction of sp³-hybridized carbons (Fsp3) is 0.467. The minimum absolute atomic E-state index is 0.119. The van der Waals surface area contributed by atoms with Gasteiger partial charge in [-0.1, -0.05) is 12.1 Å². The number of carbonyl (C=O) groups is 2. The summed E-state index contributed by atoms with van der Waals surface area (Å²) in [5.41, 5.74) is 0.742. The first-order valence-electron chi connectivity index (χ1n) is 7.09. The van der Waals surface area contributed by atoms with Gasteiger partial charge in [0.2, 0.25) is 0 Å². The van der Waals surface area contributed by atoms with Crippen LogP contribution in [0.3, 0.4) is 0 Å². The van der Waals surface area contributed by atoms with Gasteiger partial charge in [-0.05, 0) is 17.7 Å². The lowest BCUT2D eigenvalue weighted by atomic mass is 10.0. The molecule has 1 heterocycles. The number of carboxylic acid groups (broad SMARTS) is 1. The quantitative estimate of drug-likeness (QED) is 0.857. The van der Waals surface area contributed by atoms with Crippen molar-refractivity contribution in [3.8, 4) is 5.75 Å². The lowest BCUT2D eigenvalue weighted by Gasteiger charge is -2.33. The van der Waals surface area contributed by atoms with Crippen LogP contribution in [0.15, 0.2) is 24.3 Å². The number of nitrogens with zero attached hydrogens (tertiary/aromatic N) is 2. The largest absolute Gasteiger partial charge is 0.508 e. The van der Waals surface area contributed by atoms with E-state index in [2.05, 4.69) is 0 Å². The Kier molecular flexibility index (Phi) is 5.21. The molecule has 0 saturated carbocycles. The first-order valence-corrected chi connectivity index (χ1v) is 7.09. The molecular weight excluding hydrogens is 288 g/mol. The SMILES string of the molecule is CN(C(=O)N1CCOCC1)C(Cc1ccc(O)cc1)C(=O)O. The number of benzene rings is 1. The Morgan fingerprint density at radius 3 is 2.41 bits per heavy atom. The maximum absolute atomic E-state index is 12.4. The number of rotatable bonds is 4. The summed E-state index contributed by atoms with van der Waals surface area (Å²) in [6.07, 6.45) is 0.183. The molecule has 0 radical (unpaired) electrons. The highest BCUT2D eigenvalue weighted by atomic mass is 16.5. The third-order valence-corrected chi connectivity index (χ3v) is 3.70. The summed E-state index contributed by atoms with van der Waals surface area (Å²) in [6.45, 7) is 1.87. The molecule has 2 N–H and O–H groups in total. The van der Waals surface area contributed by atoms with Gasteiger partial charge in [0.15, 0.2) is 0 Å². The van der Waals surface area contributed by atoms with E-state index in [-0.39, 0.29) is 18.2 Å². The Morgan fingerprint density at radius 1 is 1.27 bits per heavy atom. The minimum Gasteiger partial charge on any atom is -0.508 e. The highest BCUT2D eigenvalue weighted by molar-refractivity contribution is 5.82. The van der Waals surface area contributed by atoms with Crippen LogP contribution in [0.25, 0.3) is 0 Å². The number of phenolic OH excluding ortho intramolecular Hbond substituents is 1. The summed E-state index contributed by atoms with van der Waals surface area (Å²) in [5.74, 6) is -0.939. The van der Waals surface area contributed by atoms with Crippen LogP contribution in [0.1, 0.15) is 5.56 Å². The number of morpholine rings is 1. The van der Waals surface area contributed by atoms with Crippen molar-refractivity contribution in [3.63, 3.8) is 0 Å². The predicted octanol–water partition coefficient (Wildman–Crippen LogP) is 0.772. The minimum atomic E-state index is -1.06. The first kappa shape index (κ1) is 16.1. The van der Waals surface area contributed by atoms with Crippen molar-refractivity contribution in [1.82, 2.24) is 9.80 Å². The molecule has 1 fully saturated rings. The summed E-state index contributed by atoms with van der Waals surface area (Å²) in [5, 5.41) is 18.7. The third-order valence-electron chi connectivity index (χ3n) is 3.70. The normalized spacial score (nSPS) is 16.1. The van der Waals surface area contributed by atoms with E-state index in [9.17, 15) is 19.8 Å². The van der Waals surface area contributed by atoms with Gasteiger partial charge in [-0.15, -0.1) is 0 Å². The molecule has 0 aliphatic carbocycles. The van der Waals surface area contributed by atoms with E-state index in [0.717, 1.165) is 5.56 Å². The van der Waals surface area contributed by atoms with Gasteiger partial charge < -0.3 is 24.7 Å². The maximum atomic E-state index is 12.4. The Balaban J connectivity index is 2.07. The van der Waals surface area contributed by atoms with Crippen LogP contribution in [0.2, 0.25) is 0 Å². The fourth-order valence-electron chi connectivity index (χ4n) is 2.36. The van der Waals surface area contributed by atoms with Crippen LogP contribution in [-0.4, -0.2) is 71.4 Å². The molecule has 1 aromatic carbocycles. The van der Waals surface area contributed by atoms with Crippen LogP contribution in [0.4, 0.5) is 4.79 Å². The van der Waals surface area contributed by atoms with Crippen molar-refractivity contribution < 1.29 is 24.5 Å². The van der Waals surface area contributed by atoms with E-state index in [1.54, 1.807) is 17.0 Å². The van der Waals surface area contributed by atoms with Crippen molar-refractivity contribution >= 4 is 12.0 Å². The molecule has 1 atom stereocenters. The van der Waals surface area contributed by atoms with Crippen molar-refractivity contribution in [2.45, 2.75) is 12.5 Å². The summed E-state index contributed by atoms with van der Waals surface area (Å²) >= 11 is 0. The van der Waals surface area contributed by atoms with E-state index in [1.165, 1.54) is 24.1 Å². The Hall–Kier alpha value is -2.28. The van der Waals surface area contributed by atoms with Crippen molar-refractivity contribution in [2.24, 2.45) is 0 Å². The van der Waals surface area contributed by atoms with Gasteiger partial charge in [-0.3, -0.25) is 0 Å². The Bertz CT molecular complexity index is 525. The smallest absolute Gasteiger partial charge is 0.326 e. The lowest BCUT2D eigenvalue weighted by Crippen LogP contribution is -2.52. The molecule has 7 heteroatoms. The number of aromatic hydroxyl groups is 1. The van der Waals surface area contributed by atoms with Crippen molar-refractivity contribution in [1.29, 1.82) is 0 Å². The van der Waals surface area contributed by atoms with Gasteiger partial charge in [-0.25, -0.2) is 9.59 Å². The van der Waals surface area contributed by atoms with E-state index in [1.807, 2.05) is 0 Å². The van der Waals surface area contributed by atoms with Gasteiger partial charge in [0.25, 0.3) is 0 Å². The fourth-order valence-corrected chi connectivity index (χ4v) is 2.36. The van der Waals surface area contributed by atoms with Crippen LogP contribution in [0, 0.1) is 0 Å². The van der Waals surface area contributed by atoms with E-state index in [4.69, 9.17) is 4.74 Å². The average Bonchev–Trinajstić information content (AvgIpc) is 2.53. The molecular formula is C15H20N2O5. The second-order valence-electron chi connectivity index (χ2n) is 5.22. The zero-order valence-electron chi connectivity index (χ0n) is 12.4. The molecule has 1 aromatic rings. The summed E-state index contributed by atoms with van der Waals surface area (Å²) in [7, 11) is 1.50. The lowest BCUT2D eigenvalue weighted by molar-refractivity contribution is -0.142. The topological polar surface area (TPSA) is 90.3 Å². The molecule has 1 aliphatic rings. The standard InChI is InChI=1S/C15H20N2O5/c1-16(15(21)17-6-8-22-9-7-17)13(14(19)20)10-11-2-4-12(18)5-3-11/h2-5,13,18H,6-10H2,1H3,(H,19,20). The van der Waals surface area contributed by atoms with Gasteiger partial charge in [0.05, 0.1) is 13.2 Å². The van der Waals surface area contributed by atoms with Crippen LogP contribution < -0.4 is 0 Å². The Labute approximate surface area is 128 Å². The zero-order valence-corrected chi connectivity index (χ0v) is 12.4. The van der Waals surface area contributed by atoms with Crippen LogP contribution >= 0.6 is 0 Å². The van der Waals surface area contributed by atoms with Crippen molar-refractivity contribution in [2.75, 3.05) is 33.4 Å². The van der Waals surface area contributed by atoms with Gasteiger partial charge in [0, 0.05) is 26.6 Å².